The van der Waals surface area contributed by atoms with E-state index in [4.69, 9.17) is 4.98 Å². The Morgan fingerprint density at radius 3 is 2.43 bits per heavy atom. The third-order valence-electron chi connectivity index (χ3n) is 5.95. The van der Waals surface area contributed by atoms with Gasteiger partial charge in [-0.1, -0.05) is 12.1 Å². The maximum atomic E-state index is 13.1. The summed E-state index contributed by atoms with van der Waals surface area (Å²) in [5.74, 6) is 0. The van der Waals surface area contributed by atoms with E-state index in [1.807, 2.05) is 56.5 Å². The highest BCUT2D eigenvalue weighted by Gasteiger charge is 2.20. The van der Waals surface area contributed by atoms with Crippen LogP contribution in [0.4, 0.5) is 0 Å². The van der Waals surface area contributed by atoms with Crippen molar-refractivity contribution in [2.24, 2.45) is 0 Å². The molecule has 8 nitrogen and oxygen atoms in total. The van der Waals surface area contributed by atoms with Crippen LogP contribution in [-0.2, 0) is 5.41 Å². The average molecular weight is 481 g/mol. The van der Waals surface area contributed by atoms with Gasteiger partial charge in [-0.15, -0.1) is 11.8 Å². The molecular weight excluding hydrogens is 460 g/mol. The van der Waals surface area contributed by atoms with Gasteiger partial charge in [0, 0.05) is 18.0 Å². The number of nitriles is 1. The molecule has 0 atom stereocenters. The van der Waals surface area contributed by atoms with Crippen molar-refractivity contribution >= 4 is 33.7 Å². The van der Waals surface area contributed by atoms with Crippen molar-refractivity contribution in [2.45, 2.75) is 24.3 Å². The fraction of sp³-hybridized carbons (Fsp3) is 0.154. The molecule has 4 heterocycles. The zero-order valence-electron chi connectivity index (χ0n) is 19.2. The molecule has 1 N–H and O–H groups in total. The van der Waals surface area contributed by atoms with Crippen LogP contribution in [0, 0.1) is 11.3 Å². The average Bonchev–Trinajstić information content (AvgIpc) is 2.88. The van der Waals surface area contributed by atoms with Crippen molar-refractivity contribution in [1.82, 2.24) is 24.5 Å². The van der Waals surface area contributed by atoms with Gasteiger partial charge in [-0.05, 0) is 62.1 Å². The Kier molecular flexibility index (Phi) is 5.46. The van der Waals surface area contributed by atoms with Gasteiger partial charge in [0.25, 0.3) is 5.56 Å². The number of fused-ring (bicyclic) bond motifs is 3. The number of benzene rings is 1. The van der Waals surface area contributed by atoms with Gasteiger partial charge in [0.2, 0.25) is 0 Å². The van der Waals surface area contributed by atoms with E-state index in [-0.39, 0.29) is 5.39 Å². The fourth-order valence-electron chi connectivity index (χ4n) is 3.92. The Morgan fingerprint density at radius 1 is 1.00 bits per heavy atom. The van der Waals surface area contributed by atoms with Crippen LogP contribution in [0.25, 0.3) is 38.9 Å². The second-order valence-corrected chi connectivity index (χ2v) is 9.38. The van der Waals surface area contributed by atoms with Crippen LogP contribution in [0.5, 0.6) is 0 Å². The molecule has 172 valence electrons. The zero-order valence-corrected chi connectivity index (χ0v) is 20.1. The first-order valence-electron chi connectivity index (χ1n) is 10.8. The number of nitrogens with zero attached hydrogens (tertiary/aromatic N) is 5. The third-order valence-corrected chi connectivity index (χ3v) is 6.61. The minimum Gasteiger partial charge on any atom is -0.273 e. The molecule has 0 radical (unpaired) electrons. The monoisotopic (exact) mass is 480 g/mol. The maximum Gasteiger partial charge on any atom is 0.333 e. The van der Waals surface area contributed by atoms with Crippen LogP contribution in [0.3, 0.4) is 0 Å². The highest BCUT2D eigenvalue weighted by Crippen LogP contribution is 2.27. The van der Waals surface area contributed by atoms with Crippen molar-refractivity contribution < 1.29 is 0 Å². The molecule has 0 saturated heterocycles. The van der Waals surface area contributed by atoms with Crippen LogP contribution in [0.1, 0.15) is 19.4 Å². The summed E-state index contributed by atoms with van der Waals surface area (Å²) in [5, 5.41) is 10.6. The van der Waals surface area contributed by atoms with E-state index in [0.29, 0.717) is 27.9 Å². The summed E-state index contributed by atoms with van der Waals surface area (Å²) < 4.78 is 1.43. The van der Waals surface area contributed by atoms with E-state index in [9.17, 15) is 14.9 Å². The first kappa shape index (κ1) is 22.5. The summed E-state index contributed by atoms with van der Waals surface area (Å²) in [6.45, 7) is 3.66. The summed E-state index contributed by atoms with van der Waals surface area (Å²) in [5.41, 5.74) is 2.38. The van der Waals surface area contributed by atoms with Crippen molar-refractivity contribution in [1.29, 1.82) is 5.26 Å². The van der Waals surface area contributed by atoms with Gasteiger partial charge < -0.3 is 0 Å². The lowest BCUT2D eigenvalue weighted by Gasteiger charge is -2.17. The minimum atomic E-state index is -0.677. The molecule has 35 heavy (non-hydrogen) atoms. The SMILES string of the molecule is CSc1ccc(-c2ccc3ncc4c(=O)[nH]c(=O)n(-c5ccc(C(C)(C)C#N)cc5)c4c3n2)cn1. The number of pyridine rings is 3. The molecule has 4 aromatic heterocycles. The molecule has 5 rings (SSSR count). The fourth-order valence-corrected chi connectivity index (χ4v) is 4.28. The molecule has 0 bridgehead atoms. The third kappa shape index (κ3) is 3.88. The number of H-pyrrole nitrogens is 1. The highest BCUT2D eigenvalue weighted by molar-refractivity contribution is 7.98. The number of hydrogen-bond acceptors (Lipinski definition) is 7. The summed E-state index contributed by atoms with van der Waals surface area (Å²) >= 11 is 1.55. The van der Waals surface area contributed by atoms with E-state index >= 15 is 0 Å². The number of thioether (sulfide) groups is 1. The van der Waals surface area contributed by atoms with Gasteiger partial charge in [-0.3, -0.25) is 19.3 Å². The Labute approximate surface area is 204 Å². The van der Waals surface area contributed by atoms with Gasteiger partial charge in [0.1, 0.15) is 5.52 Å². The lowest BCUT2D eigenvalue weighted by molar-refractivity contribution is 0.686. The number of rotatable bonds is 4. The summed E-state index contributed by atoms with van der Waals surface area (Å²) in [6.07, 6.45) is 5.16. The molecule has 0 aliphatic carbocycles. The predicted molar refractivity (Wildman–Crippen MR) is 137 cm³/mol. The molecular formula is C26H20N6O2S. The Bertz CT molecular complexity index is 1750. The van der Waals surface area contributed by atoms with E-state index in [2.05, 4.69) is 21.0 Å². The molecule has 0 aliphatic heterocycles. The maximum absolute atomic E-state index is 13.1. The number of nitrogens with one attached hydrogen (secondary N) is 1. The van der Waals surface area contributed by atoms with Gasteiger partial charge in [0.15, 0.2) is 0 Å². The smallest absolute Gasteiger partial charge is 0.273 e. The molecule has 0 aliphatic rings. The van der Waals surface area contributed by atoms with E-state index in [1.54, 1.807) is 30.1 Å². The standard InChI is InChI=1S/C26H20N6O2S/c1-26(2,14-27)16-5-7-17(8-6-16)32-23-18(24(33)31-25(32)34)13-28-20-10-9-19(30-22(20)23)15-4-11-21(35-3)29-12-15/h4-13H,1-3H3,(H,31,33,34). The number of aromatic nitrogens is 5. The molecule has 0 amide bonds. The zero-order chi connectivity index (χ0) is 24.7. The minimum absolute atomic E-state index is 0.249. The summed E-state index contributed by atoms with van der Waals surface area (Å²) in [7, 11) is 0. The Hall–Kier alpha value is -4.29. The molecule has 0 spiro atoms. The van der Waals surface area contributed by atoms with E-state index < -0.39 is 16.7 Å². The largest absolute Gasteiger partial charge is 0.333 e. The Morgan fingerprint density at radius 2 is 1.77 bits per heavy atom. The van der Waals surface area contributed by atoms with Gasteiger partial charge in [-0.25, -0.2) is 14.8 Å². The lowest BCUT2D eigenvalue weighted by atomic mass is 9.86. The van der Waals surface area contributed by atoms with Crippen molar-refractivity contribution in [2.75, 3.05) is 6.26 Å². The van der Waals surface area contributed by atoms with Gasteiger partial charge in [0.05, 0.1) is 44.3 Å². The topological polar surface area (TPSA) is 117 Å². The van der Waals surface area contributed by atoms with E-state index in [0.717, 1.165) is 16.2 Å². The van der Waals surface area contributed by atoms with Crippen LogP contribution < -0.4 is 11.2 Å². The molecule has 5 aromatic rings. The quantitative estimate of drug-likeness (QED) is 0.302. The van der Waals surface area contributed by atoms with Gasteiger partial charge >= 0.3 is 5.69 Å². The van der Waals surface area contributed by atoms with Crippen molar-refractivity contribution in [3.05, 3.63) is 87.3 Å². The predicted octanol–water partition coefficient (Wildman–Crippen LogP) is 4.21. The molecule has 0 fully saturated rings. The lowest BCUT2D eigenvalue weighted by Crippen LogP contribution is -2.29. The van der Waals surface area contributed by atoms with Crippen LogP contribution >= 0.6 is 11.8 Å². The Balaban J connectivity index is 1.79. The second-order valence-electron chi connectivity index (χ2n) is 8.55. The van der Waals surface area contributed by atoms with E-state index in [1.165, 1.54) is 10.8 Å². The summed E-state index contributed by atoms with van der Waals surface area (Å²) in [4.78, 5) is 41.7. The molecule has 9 heteroatoms. The molecule has 0 saturated carbocycles. The first-order valence-corrected chi connectivity index (χ1v) is 12.0. The molecule has 1 aromatic carbocycles. The molecule has 0 unspecified atom stereocenters. The second kappa shape index (κ2) is 8.49. The van der Waals surface area contributed by atoms with Crippen LogP contribution in [-0.4, -0.2) is 30.8 Å². The first-order chi connectivity index (χ1) is 16.8. The number of hydrogen-bond donors (Lipinski definition) is 1. The number of aromatic amines is 1. The van der Waals surface area contributed by atoms with Gasteiger partial charge in [-0.2, -0.15) is 5.26 Å². The van der Waals surface area contributed by atoms with Crippen LogP contribution in [0.15, 0.2) is 75.5 Å². The summed E-state index contributed by atoms with van der Waals surface area (Å²) in [6, 6.07) is 16.9. The van der Waals surface area contributed by atoms with Crippen molar-refractivity contribution in [3.8, 4) is 23.0 Å². The van der Waals surface area contributed by atoms with Crippen molar-refractivity contribution in [3.63, 3.8) is 0 Å². The highest BCUT2D eigenvalue weighted by atomic mass is 32.2. The van der Waals surface area contributed by atoms with Crippen LogP contribution in [0.2, 0.25) is 0 Å². The normalized spacial score (nSPS) is 11.6.